The van der Waals surface area contributed by atoms with Gasteiger partial charge in [-0.2, -0.15) is 0 Å². The zero-order valence-electron chi connectivity index (χ0n) is 20.4. The van der Waals surface area contributed by atoms with E-state index in [1.54, 1.807) is 25.3 Å². The van der Waals surface area contributed by atoms with Crippen LogP contribution in [-0.2, 0) is 27.4 Å². The predicted molar refractivity (Wildman–Crippen MR) is 133 cm³/mol. The molecule has 0 spiro atoms. The molecule has 186 valence electrons. The van der Waals surface area contributed by atoms with Gasteiger partial charge in [0, 0.05) is 48.3 Å². The Morgan fingerprint density at radius 3 is 2.22 bits per heavy atom. The Kier molecular flexibility index (Phi) is 6.77. The normalized spacial score (nSPS) is 17.9. The van der Waals surface area contributed by atoms with E-state index in [2.05, 4.69) is 6.58 Å². The van der Waals surface area contributed by atoms with Crippen molar-refractivity contribution in [3.8, 4) is 11.5 Å². The largest absolute Gasteiger partial charge is 0.493 e. The first kappa shape index (κ1) is 24.0. The van der Waals surface area contributed by atoms with Crippen molar-refractivity contribution in [1.82, 2.24) is 0 Å². The number of Topliss-reactive ketones (excluding diaryl/α,β-unsaturated/α-hetero) is 2. The average molecular weight is 489 g/mol. The summed E-state index contributed by atoms with van der Waals surface area (Å²) >= 11 is 0. The van der Waals surface area contributed by atoms with E-state index in [9.17, 15) is 14.0 Å². The van der Waals surface area contributed by atoms with E-state index in [0.29, 0.717) is 66.3 Å². The highest BCUT2D eigenvalue weighted by Gasteiger charge is 2.42. The summed E-state index contributed by atoms with van der Waals surface area (Å²) < 4.78 is 31.4. The molecular formula is C30H29FO5. The van der Waals surface area contributed by atoms with Gasteiger partial charge in [-0.3, -0.25) is 9.59 Å². The maximum atomic E-state index is 13.3. The van der Waals surface area contributed by atoms with Gasteiger partial charge >= 0.3 is 0 Å². The fourth-order valence-electron chi connectivity index (χ4n) is 5.36. The maximum absolute atomic E-state index is 13.3. The Morgan fingerprint density at radius 1 is 1.00 bits per heavy atom. The Labute approximate surface area is 210 Å². The van der Waals surface area contributed by atoms with Crippen LogP contribution in [0.5, 0.6) is 11.5 Å². The van der Waals surface area contributed by atoms with E-state index in [0.717, 1.165) is 29.5 Å². The number of ether oxygens (including phenoxy) is 3. The molecule has 1 heterocycles. The molecular weight excluding hydrogens is 459 g/mol. The standard InChI is InChI=1S/C30H29FO5/c1-3-6-19-15-20(16-26(34-2)30(19)35-17-18-11-13-21(31)14-12-18)27-28-22(32)7-4-9-24(28)36-25-10-5-8-23(33)29(25)27/h3,11-16,27H,1,4-10,17H2,2H3. The lowest BCUT2D eigenvalue weighted by atomic mass is 9.73. The molecule has 0 saturated carbocycles. The number of rotatable bonds is 7. The van der Waals surface area contributed by atoms with Crippen LogP contribution in [0.15, 0.2) is 71.7 Å². The monoisotopic (exact) mass is 488 g/mol. The highest BCUT2D eigenvalue weighted by atomic mass is 19.1. The number of allylic oxidation sites excluding steroid dienone is 5. The molecule has 3 aliphatic rings. The number of methoxy groups -OCH3 is 1. The van der Waals surface area contributed by atoms with Crippen LogP contribution in [0.4, 0.5) is 4.39 Å². The average Bonchev–Trinajstić information content (AvgIpc) is 2.88. The van der Waals surface area contributed by atoms with E-state index in [4.69, 9.17) is 14.2 Å². The summed E-state index contributed by atoms with van der Waals surface area (Å²) in [6, 6.07) is 10.00. The number of benzene rings is 2. The topological polar surface area (TPSA) is 61.8 Å². The molecule has 0 saturated heterocycles. The predicted octanol–water partition coefficient (Wildman–Crippen LogP) is 6.27. The van der Waals surface area contributed by atoms with Gasteiger partial charge in [0.2, 0.25) is 0 Å². The first-order valence-electron chi connectivity index (χ1n) is 12.4. The van der Waals surface area contributed by atoms with Crippen LogP contribution in [0, 0.1) is 5.82 Å². The number of hydrogen-bond acceptors (Lipinski definition) is 5. The van der Waals surface area contributed by atoms with Gasteiger partial charge in [-0.1, -0.05) is 24.3 Å². The zero-order chi connectivity index (χ0) is 25.2. The number of halogens is 1. The molecule has 0 atom stereocenters. The molecule has 5 nitrogen and oxygen atoms in total. The zero-order valence-corrected chi connectivity index (χ0v) is 20.4. The van der Waals surface area contributed by atoms with Gasteiger partial charge in [-0.15, -0.1) is 6.58 Å². The molecule has 0 N–H and O–H groups in total. The van der Waals surface area contributed by atoms with Crippen molar-refractivity contribution >= 4 is 11.6 Å². The molecule has 0 unspecified atom stereocenters. The molecule has 5 rings (SSSR count). The van der Waals surface area contributed by atoms with Gasteiger partial charge in [-0.05, 0) is 48.6 Å². The molecule has 1 aliphatic heterocycles. The molecule has 2 aromatic carbocycles. The second-order valence-corrected chi connectivity index (χ2v) is 9.38. The molecule has 2 aromatic rings. The Balaban J connectivity index is 1.60. The Hall–Kier alpha value is -3.67. The molecule has 0 aromatic heterocycles. The third kappa shape index (κ3) is 4.48. The summed E-state index contributed by atoms with van der Waals surface area (Å²) in [4.78, 5) is 26.3. The van der Waals surface area contributed by atoms with Crippen molar-refractivity contribution in [3.05, 3.63) is 94.2 Å². The highest BCUT2D eigenvalue weighted by Crippen LogP contribution is 2.49. The summed E-state index contributed by atoms with van der Waals surface area (Å²) in [6.07, 6.45) is 6.07. The summed E-state index contributed by atoms with van der Waals surface area (Å²) in [5.74, 6) is 1.75. The second-order valence-electron chi connectivity index (χ2n) is 9.38. The molecule has 0 bridgehead atoms. The highest BCUT2D eigenvalue weighted by molar-refractivity contribution is 6.05. The molecule has 0 radical (unpaired) electrons. The van der Waals surface area contributed by atoms with Crippen molar-refractivity contribution in [3.63, 3.8) is 0 Å². The second kappa shape index (κ2) is 10.1. The van der Waals surface area contributed by atoms with Crippen LogP contribution in [0.1, 0.15) is 61.1 Å². The fourth-order valence-corrected chi connectivity index (χ4v) is 5.36. The first-order valence-corrected chi connectivity index (χ1v) is 12.4. The third-order valence-corrected chi connectivity index (χ3v) is 7.01. The smallest absolute Gasteiger partial charge is 0.165 e. The fraction of sp³-hybridized carbons (Fsp3) is 0.333. The summed E-state index contributed by atoms with van der Waals surface area (Å²) in [5, 5.41) is 0. The minimum atomic E-state index is -0.479. The van der Waals surface area contributed by atoms with Gasteiger partial charge in [0.15, 0.2) is 23.1 Å². The minimum absolute atomic E-state index is 0.0343. The van der Waals surface area contributed by atoms with E-state index >= 15 is 0 Å². The molecule has 0 amide bonds. The van der Waals surface area contributed by atoms with Crippen molar-refractivity contribution in [2.45, 2.75) is 57.5 Å². The van der Waals surface area contributed by atoms with Gasteiger partial charge in [0.1, 0.15) is 23.9 Å². The lowest BCUT2D eigenvalue weighted by Crippen LogP contribution is -2.30. The Morgan fingerprint density at radius 2 is 1.64 bits per heavy atom. The van der Waals surface area contributed by atoms with Crippen molar-refractivity contribution < 1.29 is 28.2 Å². The maximum Gasteiger partial charge on any atom is 0.165 e. The minimum Gasteiger partial charge on any atom is -0.493 e. The molecule has 0 fully saturated rings. The van der Waals surface area contributed by atoms with E-state index in [1.807, 2.05) is 12.1 Å². The summed E-state index contributed by atoms with van der Waals surface area (Å²) in [7, 11) is 1.57. The van der Waals surface area contributed by atoms with Gasteiger partial charge in [0.25, 0.3) is 0 Å². The number of carbonyl (C=O) groups excluding carboxylic acids is 2. The molecule has 36 heavy (non-hydrogen) atoms. The van der Waals surface area contributed by atoms with Crippen molar-refractivity contribution in [2.75, 3.05) is 7.11 Å². The van der Waals surface area contributed by atoms with Crippen LogP contribution < -0.4 is 9.47 Å². The van der Waals surface area contributed by atoms with Crippen LogP contribution in [0.2, 0.25) is 0 Å². The van der Waals surface area contributed by atoms with E-state index in [1.165, 1.54) is 12.1 Å². The summed E-state index contributed by atoms with van der Waals surface area (Å²) in [6.45, 7) is 4.13. The SMILES string of the molecule is C=CCc1cc(C2C3=C(CCCC3=O)OC3=C2C(=O)CCC3)cc(OC)c1OCc1ccc(F)cc1. The van der Waals surface area contributed by atoms with Crippen molar-refractivity contribution in [1.29, 1.82) is 0 Å². The van der Waals surface area contributed by atoms with Crippen LogP contribution in [-0.4, -0.2) is 18.7 Å². The first-order chi connectivity index (χ1) is 17.5. The molecule has 2 aliphatic carbocycles. The third-order valence-electron chi connectivity index (χ3n) is 7.01. The van der Waals surface area contributed by atoms with Crippen LogP contribution in [0.25, 0.3) is 0 Å². The number of hydrogen-bond donors (Lipinski definition) is 0. The lowest BCUT2D eigenvalue weighted by Gasteiger charge is -2.36. The van der Waals surface area contributed by atoms with E-state index < -0.39 is 5.92 Å². The number of ketones is 2. The Bertz CT molecular complexity index is 1240. The summed E-state index contributed by atoms with van der Waals surface area (Å²) in [5.41, 5.74) is 3.67. The van der Waals surface area contributed by atoms with Gasteiger partial charge < -0.3 is 14.2 Å². The quantitative estimate of drug-likeness (QED) is 0.430. The van der Waals surface area contributed by atoms with Crippen LogP contribution >= 0.6 is 0 Å². The van der Waals surface area contributed by atoms with Gasteiger partial charge in [0.05, 0.1) is 7.11 Å². The van der Waals surface area contributed by atoms with Crippen molar-refractivity contribution in [2.24, 2.45) is 0 Å². The van der Waals surface area contributed by atoms with Gasteiger partial charge in [-0.25, -0.2) is 4.39 Å². The van der Waals surface area contributed by atoms with E-state index in [-0.39, 0.29) is 24.0 Å². The molecule has 6 heteroatoms. The number of carbonyl (C=O) groups is 2. The lowest BCUT2D eigenvalue weighted by molar-refractivity contribution is -0.117. The van der Waals surface area contributed by atoms with Crippen LogP contribution in [0.3, 0.4) is 0 Å².